The van der Waals surface area contributed by atoms with Crippen LogP contribution >= 0.6 is 11.6 Å². The lowest BCUT2D eigenvalue weighted by Crippen LogP contribution is -2.41. The topological polar surface area (TPSA) is 57.7 Å². The van der Waals surface area contributed by atoms with E-state index in [0.29, 0.717) is 21.8 Å². The predicted molar refractivity (Wildman–Crippen MR) is 86.7 cm³/mol. The molecule has 0 atom stereocenters. The van der Waals surface area contributed by atoms with Gasteiger partial charge in [0.05, 0.1) is 11.3 Å². The summed E-state index contributed by atoms with van der Waals surface area (Å²) in [5, 5.41) is 0.499. The molecule has 0 aliphatic carbocycles. The molecular weight excluding hydrogens is 316 g/mol. The number of amides is 3. The maximum Gasteiger partial charge on any atom is 0.265 e. The molecule has 2 aromatic rings. The number of likely N-dealkylation sites (N-methyl/N-ethyl adjacent to an activating group) is 1. The third-order valence-corrected chi connectivity index (χ3v) is 3.89. The average Bonchev–Trinajstić information content (AvgIpc) is 2.63. The van der Waals surface area contributed by atoms with Crippen LogP contribution in [0.4, 0.5) is 5.69 Å². The molecule has 0 bridgehead atoms. The molecule has 1 heterocycles. The number of anilines is 1. The highest BCUT2D eigenvalue weighted by Crippen LogP contribution is 2.27. The second-order valence-electron chi connectivity index (χ2n) is 5.22. The molecule has 0 unspecified atom stereocenters. The van der Waals surface area contributed by atoms with Gasteiger partial charge in [-0.15, -0.1) is 0 Å². The van der Waals surface area contributed by atoms with E-state index in [4.69, 9.17) is 11.6 Å². The summed E-state index contributed by atoms with van der Waals surface area (Å²) in [6, 6.07) is 12.9. The van der Waals surface area contributed by atoms with E-state index in [1.54, 1.807) is 48.5 Å². The lowest BCUT2D eigenvalue weighted by molar-refractivity contribution is -0.118. The minimum absolute atomic E-state index is 0.160. The lowest BCUT2D eigenvalue weighted by Gasteiger charge is -2.20. The van der Waals surface area contributed by atoms with Crippen molar-refractivity contribution in [2.45, 2.75) is 0 Å². The van der Waals surface area contributed by atoms with E-state index in [0.717, 1.165) is 4.90 Å². The molecule has 6 heteroatoms. The Hall–Kier alpha value is -2.66. The minimum atomic E-state index is -0.484. The van der Waals surface area contributed by atoms with Gasteiger partial charge in [-0.05, 0) is 36.4 Å². The summed E-state index contributed by atoms with van der Waals surface area (Å²) >= 11 is 5.83. The smallest absolute Gasteiger partial charge is 0.265 e. The Morgan fingerprint density at radius 3 is 2.39 bits per heavy atom. The summed E-state index contributed by atoms with van der Waals surface area (Å²) < 4.78 is 0. The number of carbonyl (C=O) groups excluding carboxylic acids is 3. The molecule has 0 spiro atoms. The summed E-state index contributed by atoms with van der Waals surface area (Å²) in [5.41, 5.74) is 0.949. The molecule has 2 aromatic carbocycles. The van der Waals surface area contributed by atoms with Gasteiger partial charge in [-0.25, -0.2) is 4.90 Å². The Morgan fingerprint density at radius 1 is 1.04 bits per heavy atom. The highest BCUT2D eigenvalue weighted by Gasteiger charge is 2.33. The van der Waals surface area contributed by atoms with Crippen LogP contribution in [0, 0.1) is 0 Å². The molecule has 1 aliphatic heterocycles. The Bertz CT molecular complexity index is 802. The second kappa shape index (κ2) is 5.85. The first kappa shape index (κ1) is 15.2. The van der Waals surface area contributed by atoms with Crippen molar-refractivity contribution in [1.82, 2.24) is 4.90 Å². The summed E-state index contributed by atoms with van der Waals surface area (Å²) in [5.74, 6) is -1.23. The van der Waals surface area contributed by atoms with Crippen molar-refractivity contribution in [2.75, 3.05) is 18.5 Å². The number of nitrogens with zero attached hydrogens (tertiary/aromatic N) is 2. The van der Waals surface area contributed by atoms with Crippen molar-refractivity contribution in [2.24, 2.45) is 0 Å². The molecule has 0 fully saturated rings. The fourth-order valence-corrected chi connectivity index (χ4v) is 2.61. The van der Waals surface area contributed by atoms with Crippen molar-refractivity contribution in [3.05, 3.63) is 64.7 Å². The van der Waals surface area contributed by atoms with Crippen molar-refractivity contribution in [3.63, 3.8) is 0 Å². The van der Waals surface area contributed by atoms with E-state index < -0.39 is 11.8 Å². The van der Waals surface area contributed by atoms with Crippen molar-refractivity contribution >= 4 is 35.0 Å². The fraction of sp³-hybridized carbons (Fsp3) is 0.118. The van der Waals surface area contributed by atoms with Crippen LogP contribution in [0.1, 0.15) is 20.7 Å². The Kier molecular flexibility index (Phi) is 3.88. The molecule has 0 aromatic heterocycles. The lowest BCUT2D eigenvalue weighted by atomic mass is 10.1. The van der Waals surface area contributed by atoms with Gasteiger partial charge in [-0.3, -0.25) is 14.4 Å². The first-order valence-corrected chi connectivity index (χ1v) is 7.34. The van der Waals surface area contributed by atoms with Gasteiger partial charge in [0.15, 0.2) is 0 Å². The number of rotatable bonds is 1. The largest absolute Gasteiger partial charge is 0.332 e. The molecule has 0 radical (unpaired) electrons. The highest BCUT2D eigenvalue weighted by molar-refractivity contribution is 6.31. The van der Waals surface area contributed by atoms with Crippen molar-refractivity contribution in [1.29, 1.82) is 0 Å². The van der Waals surface area contributed by atoms with Gasteiger partial charge in [-0.1, -0.05) is 23.7 Å². The molecule has 5 nitrogen and oxygen atoms in total. The first-order chi connectivity index (χ1) is 11.0. The van der Waals surface area contributed by atoms with Crippen LogP contribution in [0.3, 0.4) is 0 Å². The monoisotopic (exact) mass is 328 g/mol. The van der Waals surface area contributed by atoms with Crippen molar-refractivity contribution in [3.8, 4) is 0 Å². The van der Waals surface area contributed by atoms with Gasteiger partial charge < -0.3 is 4.90 Å². The zero-order valence-electron chi connectivity index (χ0n) is 12.3. The number of hydrogen-bond donors (Lipinski definition) is 0. The molecular formula is C17H13ClN2O3. The van der Waals surface area contributed by atoms with E-state index in [1.165, 1.54) is 11.9 Å². The predicted octanol–water partition coefficient (Wildman–Crippen LogP) is 2.60. The van der Waals surface area contributed by atoms with Crippen LogP contribution in [0.15, 0.2) is 48.5 Å². The number of imide groups is 1. The maximum absolute atomic E-state index is 12.8. The van der Waals surface area contributed by atoms with Gasteiger partial charge in [-0.2, -0.15) is 0 Å². The Labute approximate surface area is 138 Å². The molecule has 3 amide bonds. The van der Waals surface area contributed by atoms with E-state index in [1.807, 2.05) is 0 Å². The number of halogens is 1. The molecule has 23 heavy (non-hydrogen) atoms. The summed E-state index contributed by atoms with van der Waals surface area (Å²) in [7, 11) is 1.53. The molecule has 116 valence electrons. The van der Waals surface area contributed by atoms with Gasteiger partial charge in [0.25, 0.3) is 17.7 Å². The number of benzene rings is 2. The van der Waals surface area contributed by atoms with Crippen molar-refractivity contribution < 1.29 is 14.4 Å². The Balaban J connectivity index is 2.11. The van der Waals surface area contributed by atoms with Crippen LogP contribution in [0.2, 0.25) is 5.02 Å². The second-order valence-corrected chi connectivity index (χ2v) is 5.66. The van der Waals surface area contributed by atoms with Crippen LogP contribution in [-0.2, 0) is 4.79 Å². The number of para-hydroxylation sites is 1. The van der Waals surface area contributed by atoms with Crippen LogP contribution in [0.25, 0.3) is 0 Å². The van der Waals surface area contributed by atoms with E-state index in [9.17, 15) is 14.4 Å². The van der Waals surface area contributed by atoms with E-state index in [2.05, 4.69) is 0 Å². The number of fused-ring (bicyclic) bond motifs is 1. The molecule has 0 saturated heterocycles. The zero-order chi connectivity index (χ0) is 16.6. The summed E-state index contributed by atoms with van der Waals surface area (Å²) in [4.78, 5) is 40.0. The molecule has 3 rings (SSSR count). The van der Waals surface area contributed by atoms with Gasteiger partial charge in [0.1, 0.15) is 6.54 Å². The standard InChI is InChI=1S/C17H13ClN2O3/c1-19-10-15(21)20(14-5-3-2-4-13(14)17(19)23)16(22)11-6-8-12(18)9-7-11/h2-9H,10H2,1H3. The quantitative estimate of drug-likeness (QED) is 0.756. The third-order valence-electron chi connectivity index (χ3n) is 3.64. The fourth-order valence-electron chi connectivity index (χ4n) is 2.48. The average molecular weight is 329 g/mol. The van der Waals surface area contributed by atoms with Crippen LogP contribution < -0.4 is 4.90 Å². The minimum Gasteiger partial charge on any atom is -0.332 e. The molecule has 1 aliphatic rings. The van der Waals surface area contributed by atoms with E-state index >= 15 is 0 Å². The first-order valence-electron chi connectivity index (χ1n) is 6.96. The van der Waals surface area contributed by atoms with Gasteiger partial charge in [0.2, 0.25) is 0 Å². The summed E-state index contributed by atoms with van der Waals surface area (Å²) in [6.45, 7) is -0.160. The van der Waals surface area contributed by atoms with E-state index in [-0.39, 0.29) is 12.5 Å². The number of hydrogen-bond acceptors (Lipinski definition) is 3. The zero-order valence-corrected chi connectivity index (χ0v) is 13.1. The normalized spacial score (nSPS) is 14.5. The molecule has 0 N–H and O–H groups in total. The molecule has 0 saturated carbocycles. The van der Waals surface area contributed by atoms with Crippen LogP contribution in [0.5, 0.6) is 0 Å². The SMILES string of the molecule is CN1CC(=O)N(C(=O)c2ccc(Cl)cc2)c2ccccc2C1=O. The third kappa shape index (κ3) is 2.71. The maximum atomic E-state index is 12.8. The summed E-state index contributed by atoms with van der Waals surface area (Å²) in [6.07, 6.45) is 0. The highest BCUT2D eigenvalue weighted by atomic mass is 35.5. The van der Waals surface area contributed by atoms with Gasteiger partial charge in [0, 0.05) is 17.6 Å². The van der Waals surface area contributed by atoms with Gasteiger partial charge >= 0.3 is 0 Å². The number of carbonyl (C=O) groups is 3. The Morgan fingerprint density at radius 2 is 1.70 bits per heavy atom. The van der Waals surface area contributed by atoms with Crippen LogP contribution in [-0.4, -0.2) is 36.2 Å².